The van der Waals surface area contributed by atoms with Crippen molar-refractivity contribution in [2.45, 2.75) is 0 Å². The molecule has 0 aromatic heterocycles. The van der Waals surface area contributed by atoms with E-state index in [2.05, 4.69) is 21.0 Å². The van der Waals surface area contributed by atoms with Crippen LogP contribution in [-0.2, 0) is 4.79 Å². The number of amides is 1. The summed E-state index contributed by atoms with van der Waals surface area (Å²) in [5, 5.41) is 30.9. The number of nitrogens with zero attached hydrogens (tertiary/aromatic N) is 3. The highest BCUT2D eigenvalue weighted by Crippen LogP contribution is 2.16. The second kappa shape index (κ2) is 9.99. The van der Waals surface area contributed by atoms with Gasteiger partial charge in [-0.1, -0.05) is 35.0 Å². The molecule has 9 nitrogen and oxygen atoms in total. The molecule has 0 unspecified atom stereocenters. The fraction of sp³-hybridized carbons (Fsp3) is 0. The highest BCUT2D eigenvalue weighted by Gasteiger charge is 2.22. The van der Waals surface area contributed by atoms with E-state index in [1.54, 1.807) is 48.5 Å². The van der Waals surface area contributed by atoms with Gasteiger partial charge in [0.15, 0.2) is 5.71 Å². The Labute approximate surface area is 181 Å². The summed E-state index contributed by atoms with van der Waals surface area (Å²) in [6.07, 6.45) is 0. The minimum atomic E-state index is -0.739. The van der Waals surface area contributed by atoms with Gasteiger partial charge in [-0.05, 0) is 48.5 Å². The van der Waals surface area contributed by atoms with Crippen LogP contribution in [0.5, 0.6) is 0 Å². The smallest absolute Gasteiger partial charge is 0.280 e. The third-order valence-corrected chi connectivity index (χ3v) is 4.32. The van der Waals surface area contributed by atoms with Crippen LogP contribution in [0.4, 0.5) is 17.1 Å². The number of oxime groups is 1. The molecule has 0 aliphatic rings. The molecule has 3 aromatic carbocycles. The Hall–Kier alpha value is -4.24. The molecule has 0 radical (unpaired) electrons. The average Bonchev–Trinajstić information content (AvgIpc) is 2.79. The Bertz CT molecular complexity index is 1130. The van der Waals surface area contributed by atoms with Gasteiger partial charge in [0, 0.05) is 28.4 Å². The van der Waals surface area contributed by atoms with Gasteiger partial charge in [-0.2, -0.15) is 5.10 Å². The molecule has 0 saturated carbocycles. The SMILES string of the molecule is O=C(Nc1ccc(Cl)cc1)C(=N\O)/C(=N\Nc1ccccc1)c1ccc([N+](=O)[O-])cc1. The van der Waals surface area contributed by atoms with Crippen molar-refractivity contribution in [3.8, 4) is 0 Å². The van der Waals surface area contributed by atoms with Crippen molar-refractivity contribution in [1.29, 1.82) is 0 Å². The fourth-order valence-corrected chi connectivity index (χ4v) is 2.68. The van der Waals surface area contributed by atoms with Crippen molar-refractivity contribution >= 4 is 46.0 Å². The number of para-hydroxylation sites is 1. The predicted octanol–water partition coefficient (Wildman–Crippen LogP) is 4.53. The van der Waals surface area contributed by atoms with Gasteiger partial charge in [0.05, 0.1) is 10.6 Å². The summed E-state index contributed by atoms with van der Waals surface area (Å²) in [5.41, 5.74) is 3.61. The van der Waals surface area contributed by atoms with E-state index in [1.807, 2.05) is 6.07 Å². The van der Waals surface area contributed by atoms with Crippen molar-refractivity contribution in [3.05, 3.63) is 99.6 Å². The van der Waals surface area contributed by atoms with Gasteiger partial charge >= 0.3 is 0 Å². The number of nitrogens with one attached hydrogen (secondary N) is 2. The van der Waals surface area contributed by atoms with E-state index < -0.39 is 16.5 Å². The monoisotopic (exact) mass is 437 g/mol. The zero-order valence-electron chi connectivity index (χ0n) is 15.9. The zero-order valence-corrected chi connectivity index (χ0v) is 16.7. The first-order valence-electron chi connectivity index (χ1n) is 8.91. The molecule has 0 bridgehead atoms. The Balaban J connectivity index is 1.95. The number of carbonyl (C=O) groups excluding carboxylic acids is 1. The maximum atomic E-state index is 12.8. The van der Waals surface area contributed by atoms with E-state index >= 15 is 0 Å². The molecular weight excluding hydrogens is 422 g/mol. The minimum Gasteiger partial charge on any atom is -0.410 e. The molecule has 10 heteroatoms. The van der Waals surface area contributed by atoms with Crippen LogP contribution in [0.3, 0.4) is 0 Å². The van der Waals surface area contributed by atoms with Crippen molar-refractivity contribution < 1.29 is 14.9 Å². The molecule has 3 rings (SSSR count). The summed E-state index contributed by atoms with van der Waals surface area (Å²) >= 11 is 5.85. The molecule has 0 aliphatic carbocycles. The van der Waals surface area contributed by atoms with Gasteiger partial charge in [0.2, 0.25) is 0 Å². The summed E-state index contributed by atoms with van der Waals surface area (Å²) in [4.78, 5) is 23.2. The van der Waals surface area contributed by atoms with Gasteiger partial charge in [-0.15, -0.1) is 0 Å². The van der Waals surface area contributed by atoms with Crippen LogP contribution in [-0.4, -0.2) is 27.5 Å². The highest BCUT2D eigenvalue weighted by atomic mass is 35.5. The molecule has 0 spiro atoms. The van der Waals surface area contributed by atoms with E-state index in [4.69, 9.17) is 11.6 Å². The van der Waals surface area contributed by atoms with Crippen LogP contribution in [0, 0.1) is 10.1 Å². The lowest BCUT2D eigenvalue weighted by molar-refractivity contribution is -0.384. The highest BCUT2D eigenvalue weighted by molar-refractivity contribution is 6.71. The van der Waals surface area contributed by atoms with E-state index in [1.165, 1.54) is 24.3 Å². The number of non-ortho nitro benzene ring substituents is 1. The normalized spacial score (nSPS) is 11.6. The Morgan fingerprint density at radius 1 is 0.935 bits per heavy atom. The Morgan fingerprint density at radius 3 is 2.16 bits per heavy atom. The number of nitro benzene ring substituents is 1. The van der Waals surface area contributed by atoms with Gasteiger partial charge in [-0.3, -0.25) is 20.3 Å². The number of halogens is 1. The van der Waals surface area contributed by atoms with Gasteiger partial charge < -0.3 is 10.5 Å². The Morgan fingerprint density at radius 2 is 1.58 bits per heavy atom. The summed E-state index contributed by atoms with van der Waals surface area (Å²) in [5.74, 6) is -0.739. The van der Waals surface area contributed by atoms with Crippen molar-refractivity contribution in [2.75, 3.05) is 10.7 Å². The molecule has 1 amide bonds. The zero-order chi connectivity index (χ0) is 22.2. The fourth-order valence-electron chi connectivity index (χ4n) is 2.55. The minimum absolute atomic E-state index is 0.0206. The number of benzene rings is 3. The summed E-state index contributed by atoms with van der Waals surface area (Å²) in [6, 6.07) is 20.6. The first-order valence-corrected chi connectivity index (χ1v) is 9.28. The lowest BCUT2D eigenvalue weighted by Crippen LogP contribution is -2.31. The second-order valence-corrected chi connectivity index (χ2v) is 6.59. The predicted molar refractivity (Wildman–Crippen MR) is 119 cm³/mol. The molecule has 3 aromatic rings. The average molecular weight is 438 g/mol. The van der Waals surface area contributed by atoms with Crippen molar-refractivity contribution in [3.63, 3.8) is 0 Å². The summed E-state index contributed by atoms with van der Waals surface area (Å²) in [7, 11) is 0. The maximum absolute atomic E-state index is 12.8. The number of hydrogen-bond donors (Lipinski definition) is 3. The first kappa shape index (κ1) is 21.5. The second-order valence-electron chi connectivity index (χ2n) is 6.15. The molecule has 0 atom stereocenters. The maximum Gasteiger partial charge on any atom is 0.280 e. The van der Waals surface area contributed by atoms with Crippen LogP contribution in [0.1, 0.15) is 5.56 Å². The summed E-state index contributed by atoms with van der Waals surface area (Å²) in [6.45, 7) is 0. The molecule has 0 aliphatic heterocycles. The largest absolute Gasteiger partial charge is 0.410 e. The molecule has 0 saturated heterocycles. The number of rotatable bonds is 7. The van der Waals surface area contributed by atoms with Crippen LogP contribution in [0.25, 0.3) is 0 Å². The van der Waals surface area contributed by atoms with Crippen LogP contribution in [0.15, 0.2) is 89.1 Å². The van der Waals surface area contributed by atoms with Gasteiger partial charge in [0.25, 0.3) is 11.6 Å². The number of hydrazone groups is 1. The van der Waals surface area contributed by atoms with Gasteiger partial charge in [0.1, 0.15) is 5.71 Å². The lowest BCUT2D eigenvalue weighted by atomic mass is 10.0. The van der Waals surface area contributed by atoms with Gasteiger partial charge in [-0.25, -0.2) is 0 Å². The number of hydrogen-bond acceptors (Lipinski definition) is 7. The van der Waals surface area contributed by atoms with E-state index in [0.717, 1.165) is 0 Å². The third kappa shape index (κ3) is 5.64. The molecule has 156 valence electrons. The third-order valence-electron chi connectivity index (χ3n) is 4.06. The Kier molecular flexibility index (Phi) is 6.92. The first-order chi connectivity index (χ1) is 15.0. The number of carbonyl (C=O) groups is 1. The molecular formula is C21H16ClN5O4. The van der Waals surface area contributed by atoms with E-state index in [0.29, 0.717) is 22.0 Å². The van der Waals surface area contributed by atoms with Crippen LogP contribution >= 0.6 is 11.6 Å². The van der Waals surface area contributed by atoms with E-state index in [9.17, 15) is 20.1 Å². The molecule has 0 fully saturated rings. The standard InChI is InChI=1S/C21H16ClN5O4/c22-15-8-10-16(11-9-15)23-21(28)20(26-29)19(25-24-17-4-2-1-3-5-17)14-6-12-18(13-7-14)27(30)31/h1-13,24,29H,(H,23,28)/b25-19-,26-20-. The van der Waals surface area contributed by atoms with Crippen LogP contribution < -0.4 is 10.7 Å². The number of nitro groups is 1. The van der Waals surface area contributed by atoms with Crippen molar-refractivity contribution in [2.24, 2.45) is 10.3 Å². The summed E-state index contributed by atoms with van der Waals surface area (Å²) < 4.78 is 0. The topological polar surface area (TPSA) is 129 Å². The molecule has 31 heavy (non-hydrogen) atoms. The number of anilines is 2. The van der Waals surface area contributed by atoms with E-state index in [-0.39, 0.29) is 11.4 Å². The van der Waals surface area contributed by atoms with Crippen molar-refractivity contribution in [1.82, 2.24) is 0 Å². The lowest BCUT2D eigenvalue weighted by Gasteiger charge is -2.11. The quantitative estimate of drug-likeness (QED) is 0.216. The van der Waals surface area contributed by atoms with Crippen LogP contribution in [0.2, 0.25) is 5.02 Å². The molecule has 3 N–H and O–H groups in total. The molecule has 0 heterocycles.